The predicted molar refractivity (Wildman–Crippen MR) is 83.1 cm³/mol. The molecule has 0 spiro atoms. The maximum Gasteiger partial charge on any atom is 0.153 e. The van der Waals surface area contributed by atoms with E-state index in [-0.39, 0.29) is 12.1 Å². The summed E-state index contributed by atoms with van der Waals surface area (Å²) in [4.78, 5) is 11.0. The number of H-pyrrole nitrogens is 1. The second-order valence-electron chi connectivity index (χ2n) is 5.94. The first-order chi connectivity index (χ1) is 10.8. The summed E-state index contributed by atoms with van der Waals surface area (Å²) in [6.45, 7) is 0.782. The van der Waals surface area contributed by atoms with E-state index in [1.165, 1.54) is 12.8 Å². The van der Waals surface area contributed by atoms with Gasteiger partial charge in [0.1, 0.15) is 5.82 Å². The van der Waals surface area contributed by atoms with Crippen molar-refractivity contribution in [1.29, 1.82) is 0 Å². The standard InChI is InChI=1S/C15H18ClN5O/c1-22-10-6-13(15-18-14(19-20-15)9-2-3-9)21(8-10)12-4-5-17-7-11(12)16/h4-5,7,9-10,13H,2-3,6,8H2,1H3,(H,18,19,20)/t10-,13+/m1/s1. The van der Waals surface area contributed by atoms with Gasteiger partial charge in [0.2, 0.25) is 0 Å². The number of rotatable bonds is 4. The summed E-state index contributed by atoms with van der Waals surface area (Å²) in [5.41, 5.74) is 0.964. The molecule has 0 aromatic carbocycles. The number of nitrogens with one attached hydrogen (secondary N) is 1. The molecule has 0 unspecified atom stereocenters. The monoisotopic (exact) mass is 319 g/mol. The van der Waals surface area contributed by atoms with Gasteiger partial charge in [0.15, 0.2) is 5.82 Å². The van der Waals surface area contributed by atoms with Crippen LogP contribution in [0.1, 0.15) is 42.9 Å². The number of hydrogen-bond acceptors (Lipinski definition) is 5. The Morgan fingerprint density at radius 3 is 3.00 bits per heavy atom. The van der Waals surface area contributed by atoms with Gasteiger partial charge in [-0.2, -0.15) is 5.10 Å². The molecule has 3 heterocycles. The first kappa shape index (κ1) is 14.0. The molecule has 2 aromatic rings. The van der Waals surface area contributed by atoms with Gasteiger partial charge in [-0.05, 0) is 18.9 Å². The number of anilines is 1. The number of aromatic nitrogens is 4. The number of nitrogens with zero attached hydrogens (tertiary/aromatic N) is 4. The third-order valence-electron chi connectivity index (χ3n) is 4.43. The van der Waals surface area contributed by atoms with Crippen LogP contribution in [0.5, 0.6) is 0 Å². The average molecular weight is 320 g/mol. The molecule has 6 nitrogen and oxygen atoms in total. The van der Waals surface area contributed by atoms with Crippen LogP contribution < -0.4 is 4.90 Å². The lowest BCUT2D eigenvalue weighted by atomic mass is 10.2. The van der Waals surface area contributed by atoms with Crippen molar-refractivity contribution in [3.8, 4) is 0 Å². The predicted octanol–water partition coefficient (Wildman–Crippen LogP) is 2.70. The van der Waals surface area contributed by atoms with E-state index >= 15 is 0 Å². The van der Waals surface area contributed by atoms with Gasteiger partial charge >= 0.3 is 0 Å². The molecular weight excluding hydrogens is 302 g/mol. The second kappa shape index (κ2) is 5.52. The molecule has 1 N–H and O–H groups in total. The van der Waals surface area contributed by atoms with Gasteiger partial charge in [0.05, 0.1) is 22.9 Å². The van der Waals surface area contributed by atoms with E-state index in [4.69, 9.17) is 21.3 Å². The first-order valence-corrected chi connectivity index (χ1v) is 7.95. The Kier molecular flexibility index (Phi) is 3.50. The average Bonchev–Trinajstić information content (AvgIpc) is 3.12. The minimum atomic E-state index is 0.102. The Morgan fingerprint density at radius 1 is 1.41 bits per heavy atom. The zero-order valence-corrected chi connectivity index (χ0v) is 13.1. The van der Waals surface area contributed by atoms with Crippen LogP contribution in [0.3, 0.4) is 0 Å². The van der Waals surface area contributed by atoms with Crippen molar-refractivity contribution in [2.75, 3.05) is 18.6 Å². The third-order valence-corrected chi connectivity index (χ3v) is 4.73. The molecule has 2 fully saturated rings. The highest BCUT2D eigenvalue weighted by Gasteiger charge is 2.37. The quantitative estimate of drug-likeness (QED) is 0.938. The summed E-state index contributed by atoms with van der Waals surface area (Å²) in [5, 5.41) is 8.14. The Balaban J connectivity index is 1.66. The van der Waals surface area contributed by atoms with Crippen LogP contribution in [0, 0.1) is 0 Å². The van der Waals surface area contributed by atoms with Gasteiger partial charge < -0.3 is 9.64 Å². The summed E-state index contributed by atoms with van der Waals surface area (Å²) >= 11 is 6.32. The lowest BCUT2D eigenvalue weighted by Crippen LogP contribution is -2.25. The maximum atomic E-state index is 6.32. The van der Waals surface area contributed by atoms with Crippen molar-refractivity contribution >= 4 is 17.3 Å². The van der Waals surface area contributed by atoms with Crippen molar-refractivity contribution in [2.24, 2.45) is 0 Å². The molecule has 2 aliphatic rings. The van der Waals surface area contributed by atoms with Crippen molar-refractivity contribution < 1.29 is 4.74 Å². The Labute approximate surface area is 133 Å². The second-order valence-corrected chi connectivity index (χ2v) is 6.35. The normalized spacial score (nSPS) is 24.9. The fraction of sp³-hybridized carbons (Fsp3) is 0.533. The third kappa shape index (κ3) is 2.46. The summed E-state index contributed by atoms with van der Waals surface area (Å²) in [6, 6.07) is 2.04. The molecule has 7 heteroatoms. The van der Waals surface area contributed by atoms with Gasteiger partial charge in [0, 0.05) is 38.4 Å². The van der Waals surface area contributed by atoms with E-state index in [0.717, 1.165) is 30.3 Å². The minimum absolute atomic E-state index is 0.102. The molecule has 116 valence electrons. The van der Waals surface area contributed by atoms with Crippen molar-refractivity contribution in [1.82, 2.24) is 20.2 Å². The number of hydrogen-bond donors (Lipinski definition) is 1. The number of ether oxygens (including phenoxy) is 1. The Bertz CT molecular complexity index is 671. The molecule has 2 atom stereocenters. The number of halogens is 1. The highest BCUT2D eigenvalue weighted by Crippen LogP contribution is 2.41. The summed E-state index contributed by atoms with van der Waals surface area (Å²) in [6.07, 6.45) is 6.85. The summed E-state index contributed by atoms with van der Waals surface area (Å²) in [5.74, 6) is 2.38. The van der Waals surface area contributed by atoms with Crippen LogP contribution in [0.2, 0.25) is 5.02 Å². The zero-order valence-electron chi connectivity index (χ0n) is 12.4. The topological polar surface area (TPSA) is 66.9 Å². The van der Waals surface area contributed by atoms with Crippen LogP contribution in [0.25, 0.3) is 0 Å². The van der Waals surface area contributed by atoms with Gasteiger partial charge in [0.25, 0.3) is 0 Å². The van der Waals surface area contributed by atoms with Gasteiger partial charge in [-0.25, -0.2) is 4.98 Å². The van der Waals surface area contributed by atoms with Crippen molar-refractivity contribution in [3.05, 3.63) is 35.1 Å². The SMILES string of the molecule is CO[C@@H]1C[C@@H](c2nc(C3CC3)n[nH]2)N(c2ccncc2Cl)C1. The van der Waals surface area contributed by atoms with Crippen LogP contribution in [0.15, 0.2) is 18.5 Å². The molecule has 1 saturated heterocycles. The van der Waals surface area contributed by atoms with E-state index in [1.807, 2.05) is 6.07 Å². The van der Waals surface area contributed by atoms with Crippen molar-refractivity contribution in [3.63, 3.8) is 0 Å². The smallest absolute Gasteiger partial charge is 0.153 e. The summed E-state index contributed by atoms with van der Waals surface area (Å²) in [7, 11) is 1.75. The van der Waals surface area contributed by atoms with E-state index in [2.05, 4.69) is 20.1 Å². The molecule has 1 aliphatic heterocycles. The van der Waals surface area contributed by atoms with Gasteiger partial charge in [-0.3, -0.25) is 10.1 Å². The largest absolute Gasteiger partial charge is 0.380 e. The highest BCUT2D eigenvalue weighted by molar-refractivity contribution is 6.33. The molecule has 2 aromatic heterocycles. The molecule has 22 heavy (non-hydrogen) atoms. The molecule has 0 amide bonds. The minimum Gasteiger partial charge on any atom is -0.380 e. The molecule has 0 bridgehead atoms. The Morgan fingerprint density at radius 2 is 2.27 bits per heavy atom. The lowest BCUT2D eigenvalue weighted by Gasteiger charge is -2.25. The fourth-order valence-electron chi connectivity index (χ4n) is 3.06. The van der Waals surface area contributed by atoms with Gasteiger partial charge in [-0.1, -0.05) is 11.6 Å². The van der Waals surface area contributed by atoms with E-state index in [9.17, 15) is 0 Å². The van der Waals surface area contributed by atoms with Crippen molar-refractivity contribution in [2.45, 2.75) is 37.3 Å². The zero-order chi connectivity index (χ0) is 15.1. The van der Waals surface area contributed by atoms with Crippen LogP contribution >= 0.6 is 11.6 Å². The maximum absolute atomic E-state index is 6.32. The lowest BCUT2D eigenvalue weighted by molar-refractivity contribution is 0.118. The van der Waals surface area contributed by atoms with E-state index in [1.54, 1.807) is 19.5 Å². The first-order valence-electron chi connectivity index (χ1n) is 7.57. The van der Waals surface area contributed by atoms with Crippen LogP contribution in [-0.2, 0) is 4.74 Å². The molecular formula is C15H18ClN5O. The molecule has 1 saturated carbocycles. The van der Waals surface area contributed by atoms with E-state index in [0.29, 0.717) is 10.9 Å². The van der Waals surface area contributed by atoms with Crippen LogP contribution in [-0.4, -0.2) is 39.9 Å². The molecule has 0 radical (unpaired) electrons. The number of pyridine rings is 1. The number of aromatic amines is 1. The fourth-order valence-corrected chi connectivity index (χ4v) is 3.28. The van der Waals surface area contributed by atoms with Crippen LogP contribution in [0.4, 0.5) is 5.69 Å². The summed E-state index contributed by atoms with van der Waals surface area (Å²) < 4.78 is 5.56. The number of methoxy groups -OCH3 is 1. The van der Waals surface area contributed by atoms with Gasteiger partial charge in [-0.15, -0.1) is 0 Å². The van der Waals surface area contributed by atoms with E-state index < -0.39 is 0 Å². The highest BCUT2D eigenvalue weighted by atomic mass is 35.5. The molecule has 4 rings (SSSR count). The Hall–Kier alpha value is -1.66. The molecule has 1 aliphatic carbocycles.